The molecule has 1 aromatic carbocycles. The van der Waals surface area contributed by atoms with Gasteiger partial charge < -0.3 is 15.6 Å². The fraction of sp³-hybridized carbons (Fsp3) is 0.0667. The van der Waals surface area contributed by atoms with Crippen molar-refractivity contribution in [3.05, 3.63) is 36.3 Å². The second-order valence-electron chi connectivity index (χ2n) is 4.53. The lowest BCUT2D eigenvalue weighted by Gasteiger charge is -2.08. The van der Waals surface area contributed by atoms with Gasteiger partial charge in [0.25, 0.3) is 0 Å². The SMILES string of the molecule is C#Cc1nc(Nc2cccc(NC(C)=O)c2)nc2nc[nH]c12. The molecule has 0 unspecified atom stereocenters. The molecule has 0 fully saturated rings. The first-order valence-electron chi connectivity index (χ1n) is 6.48. The van der Waals surface area contributed by atoms with Crippen LogP contribution in [0, 0.1) is 12.3 Å². The molecule has 0 bridgehead atoms. The second-order valence-corrected chi connectivity index (χ2v) is 4.53. The molecule has 0 atom stereocenters. The van der Waals surface area contributed by atoms with Crippen LogP contribution in [0.2, 0.25) is 0 Å². The third kappa shape index (κ3) is 2.71. The molecule has 0 radical (unpaired) electrons. The highest BCUT2D eigenvalue weighted by Gasteiger charge is 2.08. The van der Waals surface area contributed by atoms with Gasteiger partial charge in [-0.05, 0) is 24.1 Å². The first-order chi connectivity index (χ1) is 10.7. The smallest absolute Gasteiger partial charge is 0.230 e. The molecule has 0 spiro atoms. The lowest BCUT2D eigenvalue weighted by molar-refractivity contribution is -0.114. The molecule has 22 heavy (non-hydrogen) atoms. The molecule has 0 saturated heterocycles. The minimum atomic E-state index is -0.138. The van der Waals surface area contributed by atoms with E-state index in [0.717, 1.165) is 5.69 Å². The standard InChI is InChI=1S/C15H12N6O/c1-3-12-13-14(17-8-16-13)21-15(20-12)19-11-6-4-5-10(7-11)18-9(2)22/h1,4-8H,2H3,(H,18,22)(H2,16,17,19,20,21). The molecule has 3 aromatic rings. The minimum Gasteiger partial charge on any atom is -0.341 e. The lowest BCUT2D eigenvalue weighted by Crippen LogP contribution is -2.06. The van der Waals surface area contributed by atoms with Crippen molar-refractivity contribution in [3.8, 4) is 12.3 Å². The molecular weight excluding hydrogens is 280 g/mol. The molecule has 2 heterocycles. The van der Waals surface area contributed by atoms with Crippen molar-refractivity contribution in [2.24, 2.45) is 0 Å². The largest absolute Gasteiger partial charge is 0.341 e. The van der Waals surface area contributed by atoms with Gasteiger partial charge >= 0.3 is 0 Å². The van der Waals surface area contributed by atoms with E-state index >= 15 is 0 Å². The fourth-order valence-corrected chi connectivity index (χ4v) is 2.00. The molecule has 3 rings (SSSR count). The van der Waals surface area contributed by atoms with Crippen LogP contribution in [-0.4, -0.2) is 25.8 Å². The number of fused-ring (bicyclic) bond motifs is 1. The number of nitrogens with zero attached hydrogens (tertiary/aromatic N) is 3. The third-order valence-corrected chi connectivity index (χ3v) is 2.86. The quantitative estimate of drug-likeness (QED) is 0.642. The summed E-state index contributed by atoms with van der Waals surface area (Å²) in [4.78, 5) is 26.6. The maximum absolute atomic E-state index is 11.1. The van der Waals surface area contributed by atoms with E-state index in [-0.39, 0.29) is 5.91 Å². The van der Waals surface area contributed by atoms with Gasteiger partial charge in [0.1, 0.15) is 11.2 Å². The first-order valence-corrected chi connectivity index (χ1v) is 6.48. The molecule has 3 N–H and O–H groups in total. The van der Waals surface area contributed by atoms with Crippen LogP contribution < -0.4 is 10.6 Å². The zero-order valence-corrected chi connectivity index (χ0v) is 11.7. The third-order valence-electron chi connectivity index (χ3n) is 2.86. The monoisotopic (exact) mass is 292 g/mol. The summed E-state index contributed by atoms with van der Waals surface area (Å²) in [5.41, 5.74) is 2.95. The summed E-state index contributed by atoms with van der Waals surface area (Å²) >= 11 is 0. The van der Waals surface area contributed by atoms with Crippen molar-refractivity contribution in [2.75, 3.05) is 10.6 Å². The Morgan fingerprint density at radius 2 is 2.14 bits per heavy atom. The van der Waals surface area contributed by atoms with Crippen molar-refractivity contribution >= 4 is 34.4 Å². The van der Waals surface area contributed by atoms with E-state index < -0.39 is 0 Å². The fourth-order valence-electron chi connectivity index (χ4n) is 2.00. The van der Waals surface area contributed by atoms with Crippen molar-refractivity contribution in [1.29, 1.82) is 0 Å². The van der Waals surface area contributed by atoms with Gasteiger partial charge in [-0.3, -0.25) is 4.79 Å². The van der Waals surface area contributed by atoms with E-state index in [1.54, 1.807) is 12.1 Å². The Bertz CT molecular complexity index is 892. The number of amides is 1. The zero-order chi connectivity index (χ0) is 15.5. The van der Waals surface area contributed by atoms with Crippen LogP contribution in [0.4, 0.5) is 17.3 Å². The summed E-state index contributed by atoms with van der Waals surface area (Å²) in [6, 6.07) is 7.20. The number of imidazole rings is 1. The Morgan fingerprint density at radius 1 is 1.32 bits per heavy atom. The average molecular weight is 292 g/mol. The summed E-state index contributed by atoms with van der Waals surface area (Å²) < 4.78 is 0. The van der Waals surface area contributed by atoms with Crippen LogP contribution in [0.5, 0.6) is 0 Å². The second kappa shape index (κ2) is 5.54. The maximum Gasteiger partial charge on any atom is 0.230 e. The Labute approximate surface area is 126 Å². The van der Waals surface area contributed by atoms with Crippen LogP contribution in [-0.2, 0) is 4.79 Å². The minimum absolute atomic E-state index is 0.138. The number of hydrogen-bond donors (Lipinski definition) is 3. The molecule has 7 nitrogen and oxygen atoms in total. The van der Waals surface area contributed by atoms with Gasteiger partial charge in [-0.2, -0.15) is 4.98 Å². The highest BCUT2D eigenvalue weighted by Crippen LogP contribution is 2.20. The number of benzene rings is 1. The van der Waals surface area contributed by atoms with Crippen molar-refractivity contribution in [3.63, 3.8) is 0 Å². The zero-order valence-electron chi connectivity index (χ0n) is 11.7. The lowest BCUT2D eigenvalue weighted by atomic mass is 10.2. The molecule has 0 aliphatic carbocycles. The molecule has 108 valence electrons. The van der Waals surface area contributed by atoms with E-state index in [1.807, 2.05) is 12.1 Å². The van der Waals surface area contributed by atoms with E-state index in [9.17, 15) is 4.79 Å². The number of carbonyl (C=O) groups excluding carboxylic acids is 1. The predicted molar refractivity (Wildman–Crippen MR) is 83.6 cm³/mol. The van der Waals surface area contributed by atoms with Gasteiger partial charge in [0, 0.05) is 18.3 Å². The van der Waals surface area contributed by atoms with Crippen LogP contribution in [0.25, 0.3) is 11.2 Å². The van der Waals surface area contributed by atoms with Gasteiger partial charge in [0.2, 0.25) is 11.9 Å². The van der Waals surface area contributed by atoms with Gasteiger partial charge in [0.05, 0.1) is 6.33 Å². The highest BCUT2D eigenvalue weighted by molar-refractivity contribution is 5.89. The number of nitrogens with one attached hydrogen (secondary N) is 3. The first kappa shape index (κ1) is 13.6. The highest BCUT2D eigenvalue weighted by atomic mass is 16.1. The maximum atomic E-state index is 11.1. The van der Waals surface area contributed by atoms with Crippen LogP contribution in [0.15, 0.2) is 30.6 Å². The number of terminal acetylenes is 1. The number of rotatable bonds is 3. The number of H-pyrrole nitrogens is 1. The van der Waals surface area contributed by atoms with E-state index in [4.69, 9.17) is 6.42 Å². The molecule has 7 heteroatoms. The Hall–Kier alpha value is -3.40. The summed E-state index contributed by atoms with van der Waals surface area (Å²) in [5, 5.41) is 5.76. The Balaban J connectivity index is 1.93. The van der Waals surface area contributed by atoms with E-state index in [1.165, 1.54) is 13.3 Å². The van der Waals surface area contributed by atoms with Gasteiger partial charge in [-0.15, -0.1) is 6.42 Å². The Kier molecular flexibility index (Phi) is 3.42. The van der Waals surface area contributed by atoms with Gasteiger partial charge in [0.15, 0.2) is 5.65 Å². The number of hydrogen-bond acceptors (Lipinski definition) is 5. The molecular formula is C15H12N6O. The molecule has 1 amide bonds. The Morgan fingerprint density at radius 3 is 2.91 bits per heavy atom. The predicted octanol–water partition coefficient (Wildman–Crippen LogP) is 2.04. The van der Waals surface area contributed by atoms with Crippen molar-refractivity contribution in [1.82, 2.24) is 19.9 Å². The summed E-state index contributed by atoms with van der Waals surface area (Å²) in [6.45, 7) is 1.45. The van der Waals surface area contributed by atoms with Gasteiger partial charge in [-0.25, -0.2) is 9.97 Å². The van der Waals surface area contributed by atoms with E-state index in [0.29, 0.717) is 28.5 Å². The van der Waals surface area contributed by atoms with Crippen molar-refractivity contribution in [2.45, 2.75) is 6.92 Å². The van der Waals surface area contributed by atoms with E-state index in [2.05, 4.69) is 36.5 Å². The number of aromatic nitrogens is 4. The topological polar surface area (TPSA) is 95.6 Å². The summed E-state index contributed by atoms with van der Waals surface area (Å²) in [5.74, 6) is 2.70. The van der Waals surface area contributed by atoms with Crippen LogP contribution >= 0.6 is 0 Å². The normalized spacial score (nSPS) is 10.2. The summed E-state index contributed by atoms with van der Waals surface area (Å²) in [7, 11) is 0. The van der Waals surface area contributed by atoms with Crippen LogP contribution in [0.3, 0.4) is 0 Å². The van der Waals surface area contributed by atoms with Crippen molar-refractivity contribution < 1.29 is 4.79 Å². The van der Waals surface area contributed by atoms with Crippen LogP contribution in [0.1, 0.15) is 12.6 Å². The molecule has 2 aromatic heterocycles. The summed E-state index contributed by atoms with van der Waals surface area (Å²) in [6.07, 6.45) is 6.97. The number of aromatic amines is 1. The number of carbonyl (C=O) groups is 1. The number of anilines is 3. The molecule has 0 aliphatic rings. The average Bonchev–Trinajstić information content (AvgIpc) is 2.94. The van der Waals surface area contributed by atoms with Gasteiger partial charge in [-0.1, -0.05) is 6.07 Å². The molecule has 0 saturated carbocycles. The molecule has 0 aliphatic heterocycles.